The highest BCUT2D eigenvalue weighted by Crippen LogP contribution is 2.06. The van der Waals surface area contributed by atoms with E-state index in [1.54, 1.807) is 27.8 Å². The summed E-state index contributed by atoms with van der Waals surface area (Å²) in [7, 11) is 2.95. The van der Waals surface area contributed by atoms with Crippen molar-refractivity contribution >= 4 is 11.9 Å². The average molecular weight is 216 g/mol. The Kier molecular flexibility index (Phi) is 4.74. The zero-order chi connectivity index (χ0) is 12.2. The van der Waals surface area contributed by atoms with Gasteiger partial charge in [0.15, 0.2) is 0 Å². The van der Waals surface area contributed by atoms with Crippen molar-refractivity contribution in [2.45, 2.75) is 26.3 Å². The van der Waals surface area contributed by atoms with Gasteiger partial charge < -0.3 is 15.4 Å². The standard InChI is InChI=1S/C10H20N2O3/c1-7(8(13)15-5)6-12(4)9(14)10(2,3)11/h7H,6,11H2,1-5H3. The molecule has 0 radical (unpaired) electrons. The number of nitrogens with zero attached hydrogens (tertiary/aromatic N) is 1. The maximum Gasteiger partial charge on any atom is 0.310 e. The van der Waals surface area contributed by atoms with Gasteiger partial charge in [-0.2, -0.15) is 0 Å². The molecule has 5 heteroatoms. The third kappa shape index (κ3) is 4.29. The van der Waals surface area contributed by atoms with Crippen molar-refractivity contribution in [2.24, 2.45) is 11.7 Å². The summed E-state index contributed by atoms with van der Waals surface area (Å²) >= 11 is 0. The van der Waals surface area contributed by atoms with Crippen LogP contribution in [-0.4, -0.2) is 43.0 Å². The summed E-state index contributed by atoms with van der Waals surface area (Å²) in [5.74, 6) is -0.867. The summed E-state index contributed by atoms with van der Waals surface area (Å²) in [5.41, 5.74) is 4.74. The number of nitrogens with two attached hydrogens (primary N) is 1. The predicted molar refractivity (Wildman–Crippen MR) is 57.1 cm³/mol. The Morgan fingerprint density at radius 2 is 1.93 bits per heavy atom. The number of likely N-dealkylation sites (N-methyl/N-ethyl adjacent to an activating group) is 1. The van der Waals surface area contributed by atoms with Crippen molar-refractivity contribution in [3.8, 4) is 0 Å². The molecular formula is C10H20N2O3. The van der Waals surface area contributed by atoms with E-state index in [-0.39, 0.29) is 17.8 Å². The SMILES string of the molecule is COC(=O)C(C)CN(C)C(=O)C(C)(C)N. The molecule has 15 heavy (non-hydrogen) atoms. The molecule has 2 N–H and O–H groups in total. The van der Waals surface area contributed by atoms with Gasteiger partial charge in [0.1, 0.15) is 0 Å². The summed E-state index contributed by atoms with van der Waals surface area (Å²) in [5, 5.41) is 0. The Morgan fingerprint density at radius 1 is 1.47 bits per heavy atom. The van der Waals surface area contributed by atoms with Gasteiger partial charge in [-0.1, -0.05) is 6.92 Å². The molecule has 1 unspecified atom stereocenters. The van der Waals surface area contributed by atoms with Crippen LogP contribution in [0, 0.1) is 5.92 Å². The first kappa shape index (κ1) is 13.9. The van der Waals surface area contributed by atoms with Crippen LogP contribution in [0.3, 0.4) is 0 Å². The Labute approximate surface area is 90.6 Å². The van der Waals surface area contributed by atoms with Crippen LogP contribution < -0.4 is 5.73 Å². The molecule has 0 aromatic heterocycles. The number of carbonyl (C=O) groups is 2. The smallest absolute Gasteiger partial charge is 0.310 e. The summed E-state index contributed by atoms with van der Waals surface area (Å²) in [6.07, 6.45) is 0. The normalized spacial score (nSPS) is 13.2. The second kappa shape index (κ2) is 5.11. The van der Waals surface area contributed by atoms with E-state index in [4.69, 9.17) is 5.73 Å². The van der Waals surface area contributed by atoms with Crippen molar-refractivity contribution in [2.75, 3.05) is 20.7 Å². The lowest BCUT2D eigenvalue weighted by Crippen LogP contribution is -2.51. The minimum absolute atomic E-state index is 0.196. The Balaban J connectivity index is 4.32. The molecule has 1 amide bonds. The van der Waals surface area contributed by atoms with Gasteiger partial charge in [0.25, 0.3) is 0 Å². The number of amides is 1. The summed E-state index contributed by atoms with van der Waals surface area (Å²) in [4.78, 5) is 24.2. The van der Waals surface area contributed by atoms with E-state index < -0.39 is 5.54 Å². The molecule has 0 heterocycles. The van der Waals surface area contributed by atoms with Gasteiger partial charge in [-0.05, 0) is 13.8 Å². The molecule has 88 valence electrons. The Morgan fingerprint density at radius 3 is 2.27 bits per heavy atom. The number of carbonyl (C=O) groups excluding carboxylic acids is 2. The molecule has 5 nitrogen and oxygen atoms in total. The van der Waals surface area contributed by atoms with Gasteiger partial charge in [-0.15, -0.1) is 0 Å². The highest BCUT2D eigenvalue weighted by atomic mass is 16.5. The molecule has 0 fully saturated rings. The van der Waals surface area contributed by atoms with E-state index in [1.165, 1.54) is 12.0 Å². The Bertz CT molecular complexity index is 246. The molecule has 0 saturated heterocycles. The number of ether oxygens (including phenoxy) is 1. The molecule has 0 saturated carbocycles. The van der Waals surface area contributed by atoms with Crippen LogP contribution in [0.4, 0.5) is 0 Å². The number of rotatable bonds is 4. The second-order valence-corrected chi connectivity index (χ2v) is 4.33. The number of esters is 1. The van der Waals surface area contributed by atoms with Crippen LogP contribution in [0.1, 0.15) is 20.8 Å². The van der Waals surface area contributed by atoms with E-state index >= 15 is 0 Å². The first-order chi connectivity index (χ1) is 6.70. The minimum atomic E-state index is -0.912. The zero-order valence-corrected chi connectivity index (χ0v) is 10.0. The first-order valence-corrected chi connectivity index (χ1v) is 4.82. The third-order valence-electron chi connectivity index (χ3n) is 2.05. The monoisotopic (exact) mass is 216 g/mol. The topological polar surface area (TPSA) is 72.6 Å². The molecule has 0 aromatic carbocycles. The van der Waals surface area contributed by atoms with Crippen molar-refractivity contribution in [1.82, 2.24) is 4.90 Å². The van der Waals surface area contributed by atoms with Gasteiger partial charge >= 0.3 is 5.97 Å². The highest BCUT2D eigenvalue weighted by molar-refractivity contribution is 5.85. The molecule has 0 aliphatic carbocycles. The number of methoxy groups -OCH3 is 1. The van der Waals surface area contributed by atoms with Gasteiger partial charge in [-0.3, -0.25) is 9.59 Å². The third-order valence-corrected chi connectivity index (χ3v) is 2.05. The maximum atomic E-state index is 11.7. The van der Waals surface area contributed by atoms with Gasteiger partial charge in [0, 0.05) is 13.6 Å². The van der Waals surface area contributed by atoms with E-state index in [2.05, 4.69) is 4.74 Å². The van der Waals surface area contributed by atoms with E-state index in [1.807, 2.05) is 0 Å². The van der Waals surface area contributed by atoms with E-state index in [9.17, 15) is 9.59 Å². The molecule has 0 aliphatic rings. The molecule has 0 aromatic rings. The quantitative estimate of drug-likeness (QED) is 0.671. The van der Waals surface area contributed by atoms with Crippen molar-refractivity contribution in [3.05, 3.63) is 0 Å². The lowest BCUT2D eigenvalue weighted by atomic mass is 10.0. The molecule has 0 bridgehead atoms. The lowest BCUT2D eigenvalue weighted by Gasteiger charge is -2.27. The van der Waals surface area contributed by atoms with Gasteiger partial charge in [0.2, 0.25) is 5.91 Å². The maximum absolute atomic E-state index is 11.7. The zero-order valence-electron chi connectivity index (χ0n) is 10.0. The van der Waals surface area contributed by atoms with Crippen molar-refractivity contribution in [1.29, 1.82) is 0 Å². The lowest BCUT2D eigenvalue weighted by molar-refractivity contribution is -0.146. The van der Waals surface area contributed by atoms with Crippen LogP contribution in [-0.2, 0) is 14.3 Å². The highest BCUT2D eigenvalue weighted by Gasteiger charge is 2.27. The van der Waals surface area contributed by atoms with Crippen LogP contribution >= 0.6 is 0 Å². The average Bonchev–Trinajstić information content (AvgIpc) is 2.13. The number of hydrogen-bond donors (Lipinski definition) is 1. The summed E-state index contributed by atoms with van der Waals surface area (Å²) in [6, 6.07) is 0. The largest absolute Gasteiger partial charge is 0.469 e. The van der Waals surface area contributed by atoms with E-state index in [0.717, 1.165) is 0 Å². The Hall–Kier alpha value is -1.10. The number of hydrogen-bond acceptors (Lipinski definition) is 4. The second-order valence-electron chi connectivity index (χ2n) is 4.33. The van der Waals surface area contributed by atoms with Crippen molar-refractivity contribution in [3.63, 3.8) is 0 Å². The van der Waals surface area contributed by atoms with E-state index in [0.29, 0.717) is 6.54 Å². The van der Waals surface area contributed by atoms with Gasteiger partial charge in [-0.25, -0.2) is 0 Å². The molecule has 0 aliphatic heterocycles. The predicted octanol–water partition coefficient (Wildman–Crippen LogP) is -0.00880. The molecule has 1 atom stereocenters. The van der Waals surface area contributed by atoms with Gasteiger partial charge in [0.05, 0.1) is 18.6 Å². The molecule has 0 rings (SSSR count). The molecular weight excluding hydrogens is 196 g/mol. The van der Waals surface area contributed by atoms with Crippen LogP contribution in [0.5, 0.6) is 0 Å². The first-order valence-electron chi connectivity index (χ1n) is 4.82. The fourth-order valence-electron chi connectivity index (χ4n) is 1.26. The van der Waals surface area contributed by atoms with Crippen molar-refractivity contribution < 1.29 is 14.3 Å². The van der Waals surface area contributed by atoms with Crippen LogP contribution in [0.2, 0.25) is 0 Å². The van der Waals surface area contributed by atoms with Crippen LogP contribution in [0.15, 0.2) is 0 Å². The summed E-state index contributed by atoms with van der Waals surface area (Å²) < 4.78 is 4.57. The fraction of sp³-hybridized carbons (Fsp3) is 0.800. The molecule has 0 spiro atoms. The summed E-state index contributed by atoms with van der Waals surface area (Å²) in [6.45, 7) is 5.29. The van der Waals surface area contributed by atoms with Crippen LogP contribution in [0.25, 0.3) is 0 Å². The fourth-order valence-corrected chi connectivity index (χ4v) is 1.26. The minimum Gasteiger partial charge on any atom is -0.469 e.